The van der Waals surface area contributed by atoms with E-state index in [9.17, 15) is 4.79 Å². The van der Waals surface area contributed by atoms with Crippen LogP contribution in [0.3, 0.4) is 0 Å². The SMILES string of the molecule is CCc1ccc(C(=O)COC2CC(C)CC(C)C2)cc1. The van der Waals surface area contributed by atoms with Crippen LogP contribution in [-0.4, -0.2) is 18.5 Å². The minimum atomic E-state index is 0.0959. The van der Waals surface area contributed by atoms with Crippen LogP contribution >= 0.6 is 0 Å². The fraction of sp³-hybridized carbons (Fsp3) is 0.611. The molecule has 1 saturated carbocycles. The molecule has 0 N–H and O–H groups in total. The Morgan fingerprint density at radius 2 is 1.70 bits per heavy atom. The minimum absolute atomic E-state index is 0.0959. The Kier molecular flexibility index (Phi) is 5.36. The third kappa shape index (κ3) is 4.17. The Hall–Kier alpha value is -1.15. The summed E-state index contributed by atoms with van der Waals surface area (Å²) >= 11 is 0. The number of ketones is 1. The molecular formula is C18H26O2. The van der Waals surface area contributed by atoms with Gasteiger partial charge in [0, 0.05) is 5.56 Å². The van der Waals surface area contributed by atoms with E-state index < -0.39 is 0 Å². The lowest BCUT2D eigenvalue weighted by molar-refractivity contribution is 0.00562. The van der Waals surface area contributed by atoms with Crippen LogP contribution in [0.15, 0.2) is 24.3 Å². The molecule has 2 rings (SSSR count). The van der Waals surface area contributed by atoms with E-state index in [1.54, 1.807) is 0 Å². The summed E-state index contributed by atoms with van der Waals surface area (Å²) in [5.74, 6) is 1.52. The maximum atomic E-state index is 12.1. The lowest BCUT2D eigenvalue weighted by atomic mass is 9.82. The first-order valence-electron chi connectivity index (χ1n) is 7.82. The molecule has 1 aliphatic rings. The fourth-order valence-electron chi connectivity index (χ4n) is 3.21. The van der Waals surface area contributed by atoms with E-state index in [-0.39, 0.29) is 18.5 Å². The van der Waals surface area contributed by atoms with Gasteiger partial charge in [-0.25, -0.2) is 0 Å². The van der Waals surface area contributed by atoms with Gasteiger partial charge in [-0.3, -0.25) is 4.79 Å². The number of carbonyl (C=O) groups excluding carboxylic acids is 1. The summed E-state index contributed by atoms with van der Waals surface area (Å²) in [7, 11) is 0. The highest BCUT2D eigenvalue weighted by atomic mass is 16.5. The highest BCUT2D eigenvalue weighted by Crippen LogP contribution is 2.30. The van der Waals surface area contributed by atoms with Crippen molar-refractivity contribution in [3.63, 3.8) is 0 Å². The standard InChI is InChI=1S/C18H26O2/c1-4-15-5-7-16(8-6-15)18(19)12-20-17-10-13(2)9-14(3)11-17/h5-8,13-14,17H,4,9-12H2,1-3H3. The highest BCUT2D eigenvalue weighted by molar-refractivity contribution is 5.97. The van der Waals surface area contributed by atoms with Crippen molar-refractivity contribution < 1.29 is 9.53 Å². The smallest absolute Gasteiger partial charge is 0.188 e. The van der Waals surface area contributed by atoms with Crippen molar-refractivity contribution in [3.05, 3.63) is 35.4 Å². The Balaban J connectivity index is 1.85. The van der Waals surface area contributed by atoms with Gasteiger partial charge in [0.25, 0.3) is 0 Å². The molecule has 0 spiro atoms. The molecule has 0 heterocycles. The largest absolute Gasteiger partial charge is 0.370 e. The highest BCUT2D eigenvalue weighted by Gasteiger charge is 2.25. The number of Topliss-reactive ketones (excluding diaryl/α,β-unsaturated/α-hetero) is 1. The van der Waals surface area contributed by atoms with Crippen molar-refractivity contribution in [1.29, 1.82) is 0 Å². The molecule has 1 aromatic carbocycles. The topological polar surface area (TPSA) is 26.3 Å². The van der Waals surface area contributed by atoms with E-state index in [1.807, 2.05) is 24.3 Å². The van der Waals surface area contributed by atoms with E-state index in [2.05, 4.69) is 20.8 Å². The quantitative estimate of drug-likeness (QED) is 0.749. The minimum Gasteiger partial charge on any atom is -0.370 e. The number of ether oxygens (including phenoxy) is 1. The Morgan fingerprint density at radius 1 is 1.10 bits per heavy atom. The summed E-state index contributed by atoms with van der Waals surface area (Å²) in [4.78, 5) is 12.1. The van der Waals surface area contributed by atoms with Crippen LogP contribution in [0.1, 0.15) is 56.0 Å². The van der Waals surface area contributed by atoms with Crippen LogP contribution in [0, 0.1) is 11.8 Å². The number of rotatable bonds is 5. The molecule has 0 bridgehead atoms. The molecule has 2 atom stereocenters. The van der Waals surface area contributed by atoms with E-state index in [0.717, 1.165) is 24.8 Å². The van der Waals surface area contributed by atoms with Gasteiger partial charge in [-0.2, -0.15) is 0 Å². The zero-order chi connectivity index (χ0) is 14.5. The fourth-order valence-corrected chi connectivity index (χ4v) is 3.21. The van der Waals surface area contributed by atoms with Gasteiger partial charge in [-0.1, -0.05) is 45.0 Å². The first kappa shape index (κ1) is 15.2. The van der Waals surface area contributed by atoms with Crippen LogP contribution in [0.2, 0.25) is 0 Å². The summed E-state index contributed by atoms with van der Waals surface area (Å²) in [6.45, 7) is 6.88. The third-order valence-electron chi connectivity index (χ3n) is 4.27. The molecule has 110 valence electrons. The molecule has 2 nitrogen and oxygen atoms in total. The summed E-state index contributed by atoms with van der Waals surface area (Å²) in [6.07, 6.45) is 4.72. The summed E-state index contributed by atoms with van der Waals surface area (Å²) in [6, 6.07) is 7.88. The molecule has 2 heteroatoms. The van der Waals surface area contributed by atoms with Crippen molar-refractivity contribution in [2.24, 2.45) is 11.8 Å². The summed E-state index contributed by atoms with van der Waals surface area (Å²) < 4.78 is 5.85. The second-order valence-corrected chi connectivity index (χ2v) is 6.32. The van der Waals surface area contributed by atoms with Gasteiger partial charge >= 0.3 is 0 Å². The predicted molar refractivity (Wildman–Crippen MR) is 82.1 cm³/mol. The average molecular weight is 274 g/mol. The molecule has 0 amide bonds. The molecule has 0 saturated heterocycles. The van der Waals surface area contributed by atoms with Crippen molar-refractivity contribution >= 4 is 5.78 Å². The summed E-state index contributed by atoms with van der Waals surface area (Å²) in [5, 5.41) is 0. The summed E-state index contributed by atoms with van der Waals surface area (Å²) in [5.41, 5.74) is 2.02. The molecule has 20 heavy (non-hydrogen) atoms. The molecule has 0 radical (unpaired) electrons. The zero-order valence-electron chi connectivity index (χ0n) is 12.9. The van der Waals surface area contributed by atoms with Gasteiger partial charge in [0.1, 0.15) is 6.61 Å². The van der Waals surface area contributed by atoms with Gasteiger partial charge < -0.3 is 4.74 Å². The lowest BCUT2D eigenvalue weighted by Gasteiger charge is -2.31. The maximum Gasteiger partial charge on any atom is 0.188 e. The van der Waals surface area contributed by atoms with Crippen molar-refractivity contribution in [2.45, 2.75) is 52.6 Å². The van der Waals surface area contributed by atoms with Crippen LogP contribution in [0.5, 0.6) is 0 Å². The first-order chi connectivity index (χ1) is 9.58. The third-order valence-corrected chi connectivity index (χ3v) is 4.27. The van der Waals surface area contributed by atoms with Crippen LogP contribution in [0.4, 0.5) is 0 Å². The molecule has 1 aliphatic carbocycles. The molecule has 1 fully saturated rings. The first-order valence-corrected chi connectivity index (χ1v) is 7.82. The monoisotopic (exact) mass is 274 g/mol. The number of carbonyl (C=O) groups is 1. The number of benzene rings is 1. The Bertz CT molecular complexity index is 425. The second kappa shape index (κ2) is 7.03. The van der Waals surface area contributed by atoms with Gasteiger partial charge in [0.15, 0.2) is 5.78 Å². The lowest BCUT2D eigenvalue weighted by Crippen LogP contribution is -2.28. The van der Waals surface area contributed by atoms with Gasteiger partial charge in [0.2, 0.25) is 0 Å². The molecule has 0 aliphatic heterocycles. The molecular weight excluding hydrogens is 248 g/mol. The van der Waals surface area contributed by atoms with Crippen molar-refractivity contribution in [1.82, 2.24) is 0 Å². The van der Waals surface area contributed by atoms with E-state index in [0.29, 0.717) is 11.8 Å². The maximum absolute atomic E-state index is 12.1. The second-order valence-electron chi connectivity index (χ2n) is 6.32. The van der Waals surface area contributed by atoms with E-state index >= 15 is 0 Å². The van der Waals surface area contributed by atoms with Gasteiger partial charge in [0.05, 0.1) is 6.10 Å². The Labute approximate surface area is 122 Å². The molecule has 2 unspecified atom stereocenters. The van der Waals surface area contributed by atoms with Crippen molar-refractivity contribution in [2.75, 3.05) is 6.61 Å². The zero-order valence-corrected chi connectivity index (χ0v) is 12.9. The molecule has 1 aromatic rings. The number of hydrogen-bond donors (Lipinski definition) is 0. The number of aryl methyl sites for hydroxylation is 1. The Morgan fingerprint density at radius 3 is 2.25 bits per heavy atom. The van der Waals surface area contributed by atoms with Crippen LogP contribution in [-0.2, 0) is 11.2 Å². The van der Waals surface area contributed by atoms with Crippen LogP contribution in [0.25, 0.3) is 0 Å². The van der Waals surface area contributed by atoms with Gasteiger partial charge in [-0.15, -0.1) is 0 Å². The van der Waals surface area contributed by atoms with E-state index in [1.165, 1.54) is 12.0 Å². The average Bonchev–Trinajstić information content (AvgIpc) is 2.44. The van der Waals surface area contributed by atoms with Crippen LogP contribution < -0.4 is 0 Å². The van der Waals surface area contributed by atoms with Gasteiger partial charge in [-0.05, 0) is 43.1 Å². The van der Waals surface area contributed by atoms with E-state index in [4.69, 9.17) is 4.74 Å². The molecule has 0 aromatic heterocycles. The number of hydrogen-bond acceptors (Lipinski definition) is 2. The van der Waals surface area contributed by atoms with Crippen molar-refractivity contribution in [3.8, 4) is 0 Å². The predicted octanol–water partition coefficient (Wildman–Crippen LogP) is 4.27. The normalized spacial score (nSPS) is 26.4.